The molecule has 128 valence electrons. The molecule has 3 aromatic rings. The van der Waals surface area contributed by atoms with Crippen molar-refractivity contribution < 1.29 is 9.53 Å². The van der Waals surface area contributed by atoms with Crippen LogP contribution in [0.25, 0.3) is 16.9 Å². The van der Waals surface area contributed by atoms with Gasteiger partial charge in [-0.25, -0.2) is 4.68 Å². The van der Waals surface area contributed by atoms with Gasteiger partial charge in [-0.1, -0.05) is 41.9 Å². The fourth-order valence-corrected chi connectivity index (χ4v) is 2.55. The van der Waals surface area contributed by atoms with Gasteiger partial charge >= 0.3 is 0 Å². The van der Waals surface area contributed by atoms with Crippen molar-refractivity contribution in [2.45, 2.75) is 0 Å². The summed E-state index contributed by atoms with van der Waals surface area (Å²) >= 11 is 5.95. The average Bonchev–Trinajstić information content (AvgIpc) is 3.09. The standard InChI is InChI=1S/C19H18ClN3O2/c1-25-12-11-21-19(24)18-13-17(14-7-9-15(20)10-8-14)22-23(18)16-5-3-2-4-6-16/h2-10,13H,11-12H2,1H3,(H,21,24). The Morgan fingerprint density at radius 1 is 1.16 bits per heavy atom. The molecule has 2 aromatic carbocycles. The number of aromatic nitrogens is 2. The minimum atomic E-state index is -0.200. The number of carbonyl (C=O) groups excluding carboxylic acids is 1. The van der Waals surface area contributed by atoms with Crippen molar-refractivity contribution in [2.24, 2.45) is 0 Å². The lowest BCUT2D eigenvalue weighted by atomic mass is 10.1. The first-order valence-electron chi connectivity index (χ1n) is 7.87. The average molecular weight is 356 g/mol. The van der Waals surface area contributed by atoms with Crippen LogP contribution in [0.5, 0.6) is 0 Å². The van der Waals surface area contributed by atoms with Gasteiger partial charge in [0.2, 0.25) is 0 Å². The highest BCUT2D eigenvalue weighted by Crippen LogP contribution is 2.23. The Balaban J connectivity index is 1.99. The van der Waals surface area contributed by atoms with E-state index in [1.165, 1.54) is 0 Å². The smallest absolute Gasteiger partial charge is 0.270 e. The van der Waals surface area contributed by atoms with E-state index in [2.05, 4.69) is 10.4 Å². The number of methoxy groups -OCH3 is 1. The summed E-state index contributed by atoms with van der Waals surface area (Å²) in [4.78, 5) is 12.6. The summed E-state index contributed by atoms with van der Waals surface area (Å²) in [6, 6.07) is 18.7. The molecule has 0 saturated carbocycles. The first-order valence-corrected chi connectivity index (χ1v) is 8.25. The highest BCUT2D eigenvalue weighted by atomic mass is 35.5. The number of carbonyl (C=O) groups is 1. The molecule has 1 N–H and O–H groups in total. The van der Waals surface area contributed by atoms with E-state index in [4.69, 9.17) is 16.3 Å². The first kappa shape index (κ1) is 17.2. The van der Waals surface area contributed by atoms with E-state index in [1.54, 1.807) is 30.0 Å². The summed E-state index contributed by atoms with van der Waals surface area (Å²) in [7, 11) is 1.60. The van der Waals surface area contributed by atoms with Gasteiger partial charge < -0.3 is 10.1 Å². The van der Waals surface area contributed by atoms with E-state index in [-0.39, 0.29) is 5.91 Å². The number of rotatable bonds is 6. The van der Waals surface area contributed by atoms with Crippen LogP contribution in [0.3, 0.4) is 0 Å². The molecule has 1 heterocycles. The van der Waals surface area contributed by atoms with Crippen LogP contribution in [0, 0.1) is 0 Å². The summed E-state index contributed by atoms with van der Waals surface area (Å²) in [5.41, 5.74) is 2.88. The molecule has 5 nitrogen and oxygen atoms in total. The molecule has 0 aliphatic rings. The van der Waals surface area contributed by atoms with Crippen molar-refractivity contribution in [1.29, 1.82) is 0 Å². The van der Waals surface area contributed by atoms with Gasteiger partial charge in [-0.3, -0.25) is 4.79 Å². The number of ether oxygens (including phenoxy) is 1. The Morgan fingerprint density at radius 2 is 1.88 bits per heavy atom. The third kappa shape index (κ3) is 4.07. The molecular formula is C19H18ClN3O2. The molecule has 0 bridgehead atoms. The van der Waals surface area contributed by atoms with Crippen molar-refractivity contribution in [3.63, 3.8) is 0 Å². The van der Waals surface area contributed by atoms with Crippen LogP contribution in [0.1, 0.15) is 10.5 Å². The van der Waals surface area contributed by atoms with Crippen LogP contribution < -0.4 is 5.32 Å². The van der Waals surface area contributed by atoms with Crippen LogP contribution in [0.2, 0.25) is 5.02 Å². The fraction of sp³-hybridized carbons (Fsp3) is 0.158. The van der Waals surface area contributed by atoms with Crippen molar-refractivity contribution in [3.8, 4) is 16.9 Å². The molecule has 0 aliphatic heterocycles. The van der Waals surface area contributed by atoms with Gasteiger partial charge in [-0.05, 0) is 30.3 Å². The Labute approximate surface area is 151 Å². The highest BCUT2D eigenvalue weighted by molar-refractivity contribution is 6.30. The number of para-hydroxylation sites is 1. The lowest BCUT2D eigenvalue weighted by Gasteiger charge is -2.07. The Bertz CT molecular complexity index is 845. The van der Waals surface area contributed by atoms with Gasteiger partial charge in [-0.15, -0.1) is 0 Å². The molecule has 0 unspecified atom stereocenters. The molecule has 6 heteroatoms. The maximum absolute atomic E-state index is 12.6. The second-order valence-corrected chi connectivity index (χ2v) is 5.85. The summed E-state index contributed by atoms with van der Waals surface area (Å²) in [6.07, 6.45) is 0. The topological polar surface area (TPSA) is 56.1 Å². The number of amides is 1. The number of nitrogens with one attached hydrogen (secondary N) is 1. The lowest BCUT2D eigenvalue weighted by molar-refractivity contribution is 0.0929. The molecule has 0 atom stereocenters. The molecule has 1 amide bonds. The van der Waals surface area contributed by atoms with E-state index in [0.717, 1.165) is 11.3 Å². The second kappa shape index (κ2) is 7.96. The molecule has 0 fully saturated rings. The number of nitrogens with zero attached hydrogens (tertiary/aromatic N) is 2. The Morgan fingerprint density at radius 3 is 2.56 bits per heavy atom. The third-order valence-corrected chi connectivity index (χ3v) is 3.93. The van der Waals surface area contributed by atoms with Gasteiger partial charge in [-0.2, -0.15) is 5.10 Å². The minimum absolute atomic E-state index is 0.200. The quantitative estimate of drug-likeness (QED) is 0.688. The van der Waals surface area contributed by atoms with Crippen LogP contribution in [0.4, 0.5) is 0 Å². The Kier molecular flexibility index (Phi) is 5.48. The molecular weight excluding hydrogens is 338 g/mol. The number of hydrogen-bond donors (Lipinski definition) is 1. The SMILES string of the molecule is COCCNC(=O)c1cc(-c2ccc(Cl)cc2)nn1-c1ccccc1. The largest absolute Gasteiger partial charge is 0.383 e. The van der Waals surface area contributed by atoms with Crippen LogP contribution in [-0.4, -0.2) is 35.9 Å². The fourth-order valence-electron chi connectivity index (χ4n) is 2.43. The number of hydrogen-bond acceptors (Lipinski definition) is 3. The van der Waals surface area contributed by atoms with Gasteiger partial charge in [0.1, 0.15) is 5.69 Å². The maximum atomic E-state index is 12.6. The van der Waals surface area contributed by atoms with Crippen molar-refractivity contribution >= 4 is 17.5 Å². The van der Waals surface area contributed by atoms with Crippen molar-refractivity contribution in [3.05, 3.63) is 71.4 Å². The first-order chi connectivity index (χ1) is 12.2. The molecule has 0 aliphatic carbocycles. The third-order valence-electron chi connectivity index (χ3n) is 3.67. The van der Waals surface area contributed by atoms with Crippen molar-refractivity contribution in [1.82, 2.24) is 15.1 Å². The predicted octanol–water partition coefficient (Wildman–Crippen LogP) is 3.57. The summed E-state index contributed by atoms with van der Waals surface area (Å²) in [5, 5.41) is 8.11. The van der Waals surface area contributed by atoms with Gasteiger partial charge in [0.25, 0.3) is 5.91 Å². The zero-order chi connectivity index (χ0) is 17.6. The normalized spacial score (nSPS) is 10.6. The van der Waals surface area contributed by atoms with Gasteiger partial charge in [0, 0.05) is 24.2 Å². The number of halogens is 1. The van der Waals surface area contributed by atoms with E-state index >= 15 is 0 Å². The zero-order valence-corrected chi connectivity index (χ0v) is 14.5. The molecule has 3 rings (SSSR count). The number of benzene rings is 2. The van der Waals surface area contributed by atoms with E-state index in [9.17, 15) is 4.79 Å². The molecule has 0 saturated heterocycles. The van der Waals surface area contributed by atoms with Crippen molar-refractivity contribution in [2.75, 3.05) is 20.3 Å². The second-order valence-electron chi connectivity index (χ2n) is 5.42. The van der Waals surface area contributed by atoms with Crippen LogP contribution in [-0.2, 0) is 4.74 Å². The zero-order valence-electron chi connectivity index (χ0n) is 13.8. The van der Waals surface area contributed by atoms with E-state index < -0.39 is 0 Å². The predicted molar refractivity (Wildman–Crippen MR) is 98.2 cm³/mol. The minimum Gasteiger partial charge on any atom is -0.383 e. The van der Waals surface area contributed by atoms with Crippen LogP contribution >= 0.6 is 11.6 Å². The molecule has 1 aromatic heterocycles. The maximum Gasteiger partial charge on any atom is 0.270 e. The van der Waals surface area contributed by atoms with Gasteiger partial charge in [0.15, 0.2) is 0 Å². The molecule has 25 heavy (non-hydrogen) atoms. The molecule has 0 spiro atoms. The van der Waals surface area contributed by atoms with Crippen LogP contribution in [0.15, 0.2) is 60.7 Å². The van der Waals surface area contributed by atoms with E-state index in [1.807, 2.05) is 42.5 Å². The summed E-state index contributed by atoms with van der Waals surface area (Å²) in [6.45, 7) is 0.890. The summed E-state index contributed by atoms with van der Waals surface area (Å²) < 4.78 is 6.62. The van der Waals surface area contributed by atoms with Gasteiger partial charge in [0.05, 0.1) is 18.0 Å². The Hall–Kier alpha value is -2.63. The summed E-state index contributed by atoms with van der Waals surface area (Å²) in [5.74, 6) is -0.200. The molecule has 0 radical (unpaired) electrons. The monoisotopic (exact) mass is 355 g/mol. The highest BCUT2D eigenvalue weighted by Gasteiger charge is 2.17. The van der Waals surface area contributed by atoms with E-state index in [0.29, 0.717) is 29.6 Å². The lowest BCUT2D eigenvalue weighted by Crippen LogP contribution is -2.28.